The Morgan fingerprint density at radius 2 is 1.80 bits per heavy atom. The number of benzene rings is 1. The predicted octanol–water partition coefficient (Wildman–Crippen LogP) is 2.76. The molecule has 2 fully saturated rings. The van der Waals surface area contributed by atoms with Gasteiger partial charge in [0.05, 0.1) is 12.7 Å². The van der Waals surface area contributed by atoms with Crippen LogP contribution in [-0.4, -0.2) is 50.3 Å². The third-order valence-electron chi connectivity index (χ3n) is 7.63. The van der Waals surface area contributed by atoms with E-state index in [0.29, 0.717) is 12.0 Å². The van der Waals surface area contributed by atoms with E-state index in [-0.39, 0.29) is 40.4 Å². The summed E-state index contributed by atoms with van der Waals surface area (Å²) >= 11 is 0. The fourth-order valence-corrected chi connectivity index (χ4v) is 6.31. The molecule has 1 aromatic rings. The van der Waals surface area contributed by atoms with Crippen LogP contribution < -0.4 is 0 Å². The van der Waals surface area contributed by atoms with E-state index < -0.39 is 35.4 Å². The zero-order valence-corrected chi connectivity index (χ0v) is 17.8. The number of aromatic hydroxyl groups is 3. The van der Waals surface area contributed by atoms with Gasteiger partial charge in [-0.15, -0.1) is 0 Å². The Balaban J connectivity index is 1.66. The van der Waals surface area contributed by atoms with Crippen LogP contribution in [0, 0.1) is 29.6 Å². The fraction of sp³-hybridized carbons (Fsp3) is 0.609. The normalized spacial score (nSPS) is 34.2. The van der Waals surface area contributed by atoms with Crippen LogP contribution >= 0.6 is 0 Å². The van der Waals surface area contributed by atoms with E-state index >= 15 is 0 Å². The van der Waals surface area contributed by atoms with E-state index in [1.807, 2.05) is 0 Å². The minimum atomic E-state index is -0.819. The van der Waals surface area contributed by atoms with Gasteiger partial charge < -0.3 is 30.3 Å². The highest BCUT2D eigenvalue weighted by molar-refractivity contribution is 5.96. The molecule has 0 amide bonds. The first-order valence-electron chi connectivity index (χ1n) is 10.4. The van der Waals surface area contributed by atoms with Gasteiger partial charge in [-0.25, -0.2) is 4.79 Å². The zero-order chi connectivity index (χ0) is 22.2. The van der Waals surface area contributed by atoms with Gasteiger partial charge in [0.2, 0.25) is 5.75 Å². The molecule has 0 radical (unpaired) electrons. The summed E-state index contributed by atoms with van der Waals surface area (Å²) in [5.74, 6) is -2.51. The Morgan fingerprint density at radius 1 is 1.13 bits per heavy atom. The van der Waals surface area contributed by atoms with Crippen molar-refractivity contribution < 1.29 is 35.1 Å². The highest BCUT2D eigenvalue weighted by atomic mass is 16.5. The van der Waals surface area contributed by atoms with Gasteiger partial charge in [-0.1, -0.05) is 20.8 Å². The Kier molecular flexibility index (Phi) is 4.64. The quantitative estimate of drug-likeness (QED) is 0.290. The van der Waals surface area contributed by atoms with E-state index in [9.17, 15) is 30.3 Å². The highest BCUT2D eigenvalue weighted by Crippen LogP contribution is 2.66. The van der Waals surface area contributed by atoms with Crippen molar-refractivity contribution in [2.75, 3.05) is 6.61 Å². The second kappa shape index (κ2) is 6.62. The number of aryl methyl sites for hydroxylation is 1. The summed E-state index contributed by atoms with van der Waals surface area (Å²) in [7, 11) is 0. The summed E-state index contributed by atoms with van der Waals surface area (Å²) < 4.78 is 5.67. The van der Waals surface area contributed by atoms with Crippen LogP contribution in [0.25, 0.3) is 0 Å². The van der Waals surface area contributed by atoms with Crippen LogP contribution in [0.15, 0.2) is 17.2 Å². The molecule has 5 atom stereocenters. The lowest BCUT2D eigenvalue weighted by molar-refractivity contribution is -0.0572. The van der Waals surface area contributed by atoms with Crippen molar-refractivity contribution in [1.82, 2.24) is 0 Å². The zero-order valence-electron chi connectivity index (χ0n) is 17.8. The van der Waals surface area contributed by atoms with E-state index in [0.717, 1.165) is 18.4 Å². The summed E-state index contributed by atoms with van der Waals surface area (Å²) in [6.45, 7) is 7.72. The Morgan fingerprint density at radius 3 is 2.43 bits per heavy atom. The van der Waals surface area contributed by atoms with E-state index in [1.54, 1.807) is 0 Å². The van der Waals surface area contributed by atoms with Gasteiger partial charge in [0, 0.05) is 0 Å². The topological polar surface area (TPSA) is 127 Å². The summed E-state index contributed by atoms with van der Waals surface area (Å²) in [6.07, 6.45) is 1.04. The Labute approximate surface area is 175 Å². The third-order valence-corrected chi connectivity index (χ3v) is 7.63. The molecule has 0 bridgehead atoms. The van der Waals surface area contributed by atoms with Crippen LogP contribution in [0.4, 0.5) is 0 Å². The van der Waals surface area contributed by atoms with Crippen LogP contribution in [0.5, 0.6) is 17.2 Å². The van der Waals surface area contributed by atoms with Gasteiger partial charge in [-0.3, -0.25) is 0 Å². The van der Waals surface area contributed by atoms with Gasteiger partial charge in [0.1, 0.15) is 11.7 Å². The average Bonchev–Trinajstić information content (AvgIpc) is 2.98. The molecule has 0 saturated heterocycles. The maximum atomic E-state index is 12.8. The van der Waals surface area contributed by atoms with Gasteiger partial charge in [-0.05, 0) is 71.6 Å². The highest BCUT2D eigenvalue weighted by Gasteiger charge is 2.63. The number of carbonyl (C=O) groups is 1. The first kappa shape index (κ1) is 21.0. The van der Waals surface area contributed by atoms with Crippen molar-refractivity contribution in [2.24, 2.45) is 22.7 Å². The number of aliphatic hydroxyl groups excluding tert-OH is 2. The van der Waals surface area contributed by atoms with Crippen LogP contribution in [0.3, 0.4) is 0 Å². The number of esters is 1. The Hall–Kier alpha value is -2.25. The molecular formula is C23H30O7. The first-order valence-corrected chi connectivity index (χ1v) is 10.4. The molecule has 2 saturated carbocycles. The number of carbonyl (C=O) groups excluding carboxylic acids is 1. The number of phenolic OH excluding ortho intramolecular Hbond substituents is 3. The molecule has 2 unspecified atom stereocenters. The Bertz CT molecular complexity index is 947. The first-order chi connectivity index (χ1) is 13.9. The average molecular weight is 418 g/mol. The summed E-state index contributed by atoms with van der Waals surface area (Å²) in [6, 6.07) is 1.19. The molecular weight excluding hydrogens is 388 g/mol. The fourth-order valence-electron chi connectivity index (χ4n) is 6.31. The molecule has 30 heavy (non-hydrogen) atoms. The van der Waals surface area contributed by atoms with Crippen molar-refractivity contribution in [2.45, 2.75) is 59.2 Å². The molecule has 0 aliphatic heterocycles. The van der Waals surface area contributed by atoms with E-state index in [2.05, 4.69) is 20.8 Å². The van der Waals surface area contributed by atoms with Crippen molar-refractivity contribution in [3.05, 3.63) is 28.3 Å². The van der Waals surface area contributed by atoms with E-state index in [1.165, 1.54) is 13.0 Å². The summed E-state index contributed by atoms with van der Waals surface area (Å²) in [5.41, 5.74) is 1.23. The molecule has 5 N–H and O–H groups in total. The molecule has 0 spiro atoms. The lowest BCUT2D eigenvalue weighted by atomic mass is 9.49. The van der Waals surface area contributed by atoms with Gasteiger partial charge in [-0.2, -0.15) is 0 Å². The van der Waals surface area contributed by atoms with Crippen molar-refractivity contribution in [3.8, 4) is 17.2 Å². The number of hydrogen-bond donors (Lipinski definition) is 5. The molecule has 1 aromatic carbocycles. The maximum Gasteiger partial charge on any atom is 0.342 e. The van der Waals surface area contributed by atoms with Crippen molar-refractivity contribution in [3.63, 3.8) is 0 Å². The second-order valence-electron chi connectivity index (χ2n) is 10.2. The van der Waals surface area contributed by atoms with Crippen LogP contribution in [-0.2, 0) is 4.74 Å². The lowest BCUT2D eigenvalue weighted by Gasteiger charge is -2.57. The van der Waals surface area contributed by atoms with Crippen molar-refractivity contribution >= 4 is 5.97 Å². The van der Waals surface area contributed by atoms with Crippen molar-refractivity contribution in [1.29, 1.82) is 0 Å². The number of phenols is 3. The minimum Gasteiger partial charge on any atom is -0.504 e. The molecule has 4 rings (SSSR count). The molecule has 3 aliphatic carbocycles. The third kappa shape index (κ3) is 2.82. The summed E-state index contributed by atoms with van der Waals surface area (Å²) in [5, 5.41) is 50.5. The predicted molar refractivity (Wildman–Crippen MR) is 108 cm³/mol. The van der Waals surface area contributed by atoms with Crippen LogP contribution in [0.2, 0.25) is 0 Å². The number of ether oxygens (including phenoxy) is 1. The van der Waals surface area contributed by atoms with Gasteiger partial charge >= 0.3 is 5.97 Å². The number of hydrogen-bond acceptors (Lipinski definition) is 7. The summed E-state index contributed by atoms with van der Waals surface area (Å²) in [4.78, 5) is 12.8. The van der Waals surface area contributed by atoms with Crippen LogP contribution in [0.1, 0.15) is 56.0 Å². The molecule has 0 aromatic heterocycles. The molecule has 7 nitrogen and oxygen atoms in total. The minimum absolute atomic E-state index is 0.0767. The second-order valence-corrected chi connectivity index (χ2v) is 10.2. The SMILES string of the molecule is Cc1cc(O)c(O)c(O)c1C(=O)O[C@@H]1C[C@]2(C)C1=C(CO)[C@@H](O)C1CC(C)(C)CC12. The largest absolute Gasteiger partial charge is 0.504 e. The number of rotatable bonds is 3. The maximum absolute atomic E-state index is 12.8. The van der Waals surface area contributed by atoms with E-state index in [4.69, 9.17) is 4.74 Å². The van der Waals surface area contributed by atoms with Gasteiger partial charge in [0.15, 0.2) is 11.5 Å². The van der Waals surface area contributed by atoms with Gasteiger partial charge in [0.25, 0.3) is 0 Å². The lowest BCUT2D eigenvalue weighted by Crippen LogP contribution is -2.56. The number of fused-ring (bicyclic) bond motifs is 3. The molecule has 164 valence electrons. The molecule has 0 heterocycles. The smallest absolute Gasteiger partial charge is 0.342 e. The number of aliphatic hydroxyl groups is 2. The standard InChI is InChI=1S/C23H30O7/c1-10-5-14(25)19(27)20(28)16(10)21(29)30-15-8-23(4)13-7-22(2,3)6-11(13)18(26)12(9-24)17(15)23/h5,11,13,15,18,24-28H,6-9H2,1-4H3/t11?,13?,15-,18+,23+/m1/s1. The monoisotopic (exact) mass is 418 g/mol. The molecule has 7 heteroatoms. The molecule has 3 aliphatic rings.